The number of aromatic nitrogens is 4. The minimum atomic E-state index is -4.34. The number of fused-ring (bicyclic) bond motifs is 1. The van der Waals surface area contributed by atoms with Crippen LogP contribution in [0.2, 0.25) is 0 Å². The molecule has 1 aromatic carbocycles. The van der Waals surface area contributed by atoms with Crippen molar-refractivity contribution in [3.05, 3.63) is 42.5 Å². The van der Waals surface area contributed by atoms with Crippen LogP contribution >= 0.6 is 19.3 Å². The Bertz CT molecular complexity index is 1380. The summed E-state index contributed by atoms with van der Waals surface area (Å²) in [6.45, 7) is 4.16. The number of aliphatic hydroxyl groups is 1. The van der Waals surface area contributed by atoms with Gasteiger partial charge in [0.2, 0.25) is 0 Å². The zero-order valence-electron chi connectivity index (χ0n) is 22.3. The maximum atomic E-state index is 15.6. The van der Waals surface area contributed by atoms with Crippen LogP contribution in [0.1, 0.15) is 25.9 Å². The average Bonchev–Trinajstić information content (AvgIpc) is 3.46. The first-order chi connectivity index (χ1) is 19.1. The summed E-state index contributed by atoms with van der Waals surface area (Å²) in [5.74, 6) is -0.125. The van der Waals surface area contributed by atoms with Gasteiger partial charge in [-0.15, -0.1) is 11.6 Å². The molecular formula is C24H31ClFN6O7P. The number of carbonyl (C=O) groups is 1. The van der Waals surface area contributed by atoms with Crippen LogP contribution in [-0.2, 0) is 23.4 Å². The predicted molar refractivity (Wildman–Crippen MR) is 144 cm³/mol. The minimum Gasteiger partial charge on any atom is -0.465 e. The number of nitrogens with one attached hydrogen (secondary N) is 2. The number of para-hydroxylation sites is 1. The van der Waals surface area contributed by atoms with E-state index in [1.54, 1.807) is 39.1 Å². The zero-order chi connectivity index (χ0) is 29.1. The van der Waals surface area contributed by atoms with Crippen molar-refractivity contribution >= 4 is 42.3 Å². The molecule has 1 aliphatic heterocycles. The van der Waals surface area contributed by atoms with Gasteiger partial charge in [0.25, 0.3) is 0 Å². The summed E-state index contributed by atoms with van der Waals surface area (Å²) < 4.78 is 53.0. The summed E-state index contributed by atoms with van der Waals surface area (Å²) in [5.41, 5.74) is -1.22. The topological polar surface area (TPSA) is 159 Å². The lowest BCUT2D eigenvalue weighted by Gasteiger charge is -2.31. The number of benzene rings is 1. The lowest BCUT2D eigenvalue weighted by atomic mass is 9.99. The third-order valence-corrected chi connectivity index (χ3v) is 8.25. The number of aryl methyl sites for hydroxylation is 1. The third-order valence-electron chi connectivity index (χ3n) is 6.18. The quantitative estimate of drug-likeness (QED) is 0.159. The molecular weight excluding hydrogens is 570 g/mol. The first kappa shape index (κ1) is 30.1. The number of alkyl halides is 2. The first-order valence-corrected chi connectivity index (χ1v) is 14.5. The standard InChI is InChI=1S/C24H31ClFN6O7P/c1-5-36-23(34)14(2)31-40(35,39-16-9-7-6-8-10-16)37-12-24(11-25)19(33)17(26)22(38-24)32-13-28-18-20(27-4)29-15(3)30-21(18)32/h6-10,13-14,17,19,22,33H,5,11-12H2,1-4H3,(H,31,35)(H,27,29,30)/t14-,17-,19-,22+,24+,40+/m0/s1. The summed E-state index contributed by atoms with van der Waals surface area (Å²) in [6, 6.07) is 7.00. The highest BCUT2D eigenvalue weighted by molar-refractivity contribution is 7.52. The maximum absolute atomic E-state index is 15.6. The lowest BCUT2D eigenvalue weighted by Crippen LogP contribution is -2.48. The molecule has 1 aliphatic rings. The number of nitrogens with zero attached hydrogens (tertiary/aromatic N) is 4. The van der Waals surface area contributed by atoms with E-state index in [0.29, 0.717) is 17.2 Å². The second kappa shape index (κ2) is 12.3. The summed E-state index contributed by atoms with van der Waals surface area (Å²) in [7, 11) is -2.67. The molecule has 0 unspecified atom stereocenters. The number of esters is 1. The van der Waals surface area contributed by atoms with Crippen LogP contribution in [0.5, 0.6) is 5.75 Å². The maximum Gasteiger partial charge on any atom is 0.459 e. The minimum absolute atomic E-state index is 0.105. The van der Waals surface area contributed by atoms with Crippen molar-refractivity contribution in [1.29, 1.82) is 0 Å². The number of rotatable bonds is 12. The van der Waals surface area contributed by atoms with Gasteiger partial charge >= 0.3 is 13.7 Å². The number of imidazole rings is 1. The highest BCUT2D eigenvalue weighted by atomic mass is 35.5. The molecule has 4 rings (SSSR count). The Morgan fingerprint density at radius 2 is 2.08 bits per heavy atom. The normalized spacial score (nSPS) is 24.9. The van der Waals surface area contributed by atoms with Crippen molar-refractivity contribution in [2.75, 3.05) is 31.5 Å². The summed E-state index contributed by atoms with van der Waals surface area (Å²) in [5, 5.41) is 16.4. The SMILES string of the molecule is CCOC(=O)[C@H](C)N[P@@](=O)(OC[C@@]1(CCl)O[C@@H](n2cnc3c(NC)nc(C)nc32)[C@@H](F)[C@@H]1O)Oc1ccccc1. The van der Waals surface area contributed by atoms with E-state index >= 15 is 4.39 Å². The fraction of sp³-hybridized carbons (Fsp3) is 0.500. The van der Waals surface area contributed by atoms with Crippen LogP contribution in [0.25, 0.3) is 11.2 Å². The van der Waals surface area contributed by atoms with Gasteiger partial charge in [0.1, 0.15) is 29.3 Å². The van der Waals surface area contributed by atoms with Crippen molar-refractivity contribution < 1.29 is 37.4 Å². The van der Waals surface area contributed by atoms with Gasteiger partial charge in [-0.05, 0) is 32.9 Å². The molecule has 3 heterocycles. The van der Waals surface area contributed by atoms with Gasteiger partial charge < -0.3 is 24.4 Å². The molecule has 0 saturated carbocycles. The third kappa shape index (κ3) is 6.07. The van der Waals surface area contributed by atoms with E-state index in [4.69, 9.17) is 30.1 Å². The van der Waals surface area contributed by atoms with Gasteiger partial charge in [-0.25, -0.2) is 23.9 Å². The number of carbonyl (C=O) groups excluding carboxylic acids is 1. The molecule has 3 N–H and O–H groups in total. The number of aliphatic hydroxyl groups excluding tert-OH is 1. The van der Waals surface area contributed by atoms with Gasteiger partial charge in [-0.1, -0.05) is 18.2 Å². The predicted octanol–water partition coefficient (Wildman–Crippen LogP) is 3.13. The monoisotopic (exact) mass is 600 g/mol. The molecule has 6 atom stereocenters. The van der Waals surface area contributed by atoms with Crippen molar-refractivity contribution in [2.45, 2.75) is 50.9 Å². The number of ether oxygens (including phenoxy) is 2. The van der Waals surface area contributed by atoms with Gasteiger partial charge in [0, 0.05) is 7.05 Å². The Balaban J connectivity index is 1.61. The van der Waals surface area contributed by atoms with E-state index in [2.05, 4.69) is 25.4 Å². The molecule has 0 amide bonds. The fourth-order valence-corrected chi connectivity index (χ4v) is 5.99. The number of anilines is 1. The molecule has 0 radical (unpaired) electrons. The van der Waals surface area contributed by atoms with Crippen LogP contribution in [0, 0.1) is 6.92 Å². The van der Waals surface area contributed by atoms with Crippen LogP contribution < -0.4 is 14.9 Å². The molecule has 0 bridgehead atoms. The average molecular weight is 601 g/mol. The molecule has 3 aromatic rings. The summed E-state index contributed by atoms with van der Waals surface area (Å²) in [4.78, 5) is 25.1. The van der Waals surface area contributed by atoms with Crippen molar-refractivity contribution in [3.63, 3.8) is 0 Å². The molecule has 16 heteroatoms. The fourth-order valence-electron chi connectivity index (χ4n) is 4.15. The molecule has 0 spiro atoms. The zero-order valence-corrected chi connectivity index (χ0v) is 23.9. The Morgan fingerprint density at radius 3 is 2.73 bits per heavy atom. The van der Waals surface area contributed by atoms with Crippen molar-refractivity contribution in [2.24, 2.45) is 0 Å². The molecule has 218 valence electrons. The highest BCUT2D eigenvalue weighted by Crippen LogP contribution is 2.49. The molecule has 2 aromatic heterocycles. The highest BCUT2D eigenvalue weighted by Gasteiger charge is 2.57. The molecule has 40 heavy (non-hydrogen) atoms. The van der Waals surface area contributed by atoms with Gasteiger partial charge in [0.15, 0.2) is 29.4 Å². The second-order valence-electron chi connectivity index (χ2n) is 9.07. The molecule has 0 aliphatic carbocycles. The van der Waals surface area contributed by atoms with Crippen molar-refractivity contribution in [3.8, 4) is 5.75 Å². The molecule has 1 saturated heterocycles. The van der Waals surface area contributed by atoms with Crippen LogP contribution in [0.3, 0.4) is 0 Å². The van der Waals surface area contributed by atoms with E-state index in [1.165, 1.54) is 30.0 Å². The van der Waals surface area contributed by atoms with Crippen LogP contribution in [-0.4, -0.2) is 80.7 Å². The van der Waals surface area contributed by atoms with Crippen molar-refractivity contribution in [1.82, 2.24) is 24.6 Å². The first-order valence-electron chi connectivity index (χ1n) is 12.4. The number of halogens is 2. The number of hydrogen-bond donors (Lipinski definition) is 3. The van der Waals surface area contributed by atoms with Crippen LogP contribution in [0.15, 0.2) is 36.7 Å². The van der Waals surface area contributed by atoms with E-state index in [1.807, 2.05) is 0 Å². The summed E-state index contributed by atoms with van der Waals surface area (Å²) in [6.07, 6.45) is -3.87. The van der Waals surface area contributed by atoms with E-state index in [-0.39, 0.29) is 18.0 Å². The Hall–Kier alpha value is -2.87. The lowest BCUT2D eigenvalue weighted by molar-refractivity contribution is -0.144. The van der Waals surface area contributed by atoms with E-state index in [0.717, 1.165) is 0 Å². The van der Waals surface area contributed by atoms with Crippen LogP contribution in [0.4, 0.5) is 10.2 Å². The Labute approximate surface area is 234 Å². The van der Waals surface area contributed by atoms with Gasteiger partial charge in [-0.3, -0.25) is 13.9 Å². The summed E-state index contributed by atoms with van der Waals surface area (Å²) >= 11 is 6.21. The molecule has 1 fully saturated rings. The Morgan fingerprint density at radius 1 is 1.35 bits per heavy atom. The smallest absolute Gasteiger partial charge is 0.459 e. The van der Waals surface area contributed by atoms with Gasteiger partial charge in [0.05, 0.1) is 25.4 Å². The second-order valence-corrected chi connectivity index (χ2v) is 11.0. The van der Waals surface area contributed by atoms with Gasteiger partial charge in [-0.2, -0.15) is 5.09 Å². The van der Waals surface area contributed by atoms with E-state index < -0.39 is 56.3 Å². The van der Waals surface area contributed by atoms with E-state index in [9.17, 15) is 14.5 Å². The Kier molecular flexibility index (Phi) is 9.28. The number of hydrogen-bond acceptors (Lipinski definition) is 11. The largest absolute Gasteiger partial charge is 0.465 e. The molecule has 13 nitrogen and oxygen atoms in total.